The summed E-state index contributed by atoms with van der Waals surface area (Å²) in [7, 11) is 0. The number of nitrogens with zero attached hydrogens (tertiary/aromatic N) is 1. The van der Waals surface area contributed by atoms with Crippen molar-refractivity contribution < 1.29 is 4.79 Å². The lowest BCUT2D eigenvalue weighted by molar-refractivity contribution is -0.129. The Morgan fingerprint density at radius 1 is 1.24 bits per heavy atom. The average Bonchev–Trinajstić information content (AvgIpc) is 2.46. The molecule has 1 unspecified atom stereocenters. The Labute approximate surface area is 132 Å². The van der Waals surface area contributed by atoms with E-state index in [1.54, 1.807) is 6.92 Å². The van der Waals surface area contributed by atoms with E-state index < -0.39 is 0 Å². The SMILES string of the molecule is CC(=O)N1CCC(NC(c2ccc(Cl)cc2)C(C)C)CC1. The fraction of sp³-hybridized carbons (Fsp3) is 0.588. The summed E-state index contributed by atoms with van der Waals surface area (Å²) in [6, 6.07) is 8.91. The molecule has 0 saturated carbocycles. The zero-order valence-electron chi connectivity index (χ0n) is 13.1. The largest absolute Gasteiger partial charge is 0.343 e. The van der Waals surface area contributed by atoms with E-state index in [-0.39, 0.29) is 5.91 Å². The summed E-state index contributed by atoms with van der Waals surface area (Å²) in [5, 5.41) is 4.54. The molecule has 1 N–H and O–H groups in total. The van der Waals surface area contributed by atoms with Crippen LogP contribution >= 0.6 is 11.6 Å². The second-order valence-corrected chi connectivity index (χ2v) is 6.66. The number of amides is 1. The van der Waals surface area contributed by atoms with Crippen molar-refractivity contribution in [3.8, 4) is 0 Å². The molecule has 1 aromatic rings. The van der Waals surface area contributed by atoms with Crippen LogP contribution in [0.25, 0.3) is 0 Å². The third-order valence-electron chi connectivity index (χ3n) is 4.25. The van der Waals surface area contributed by atoms with Gasteiger partial charge in [-0.1, -0.05) is 37.6 Å². The number of nitrogens with one attached hydrogen (secondary N) is 1. The van der Waals surface area contributed by atoms with Gasteiger partial charge in [-0.05, 0) is 36.5 Å². The van der Waals surface area contributed by atoms with Crippen LogP contribution in [-0.4, -0.2) is 29.9 Å². The number of halogens is 1. The fourth-order valence-electron chi connectivity index (χ4n) is 2.96. The number of benzene rings is 1. The van der Waals surface area contributed by atoms with Crippen LogP contribution in [0.1, 0.15) is 45.2 Å². The van der Waals surface area contributed by atoms with Crippen molar-refractivity contribution in [3.05, 3.63) is 34.9 Å². The normalized spacial score (nSPS) is 18.0. The van der Waals surface area contributed by atoms with Crippen molar-refractivity contribution in [1.82, 2.24) is 10.2 Å². The number of carbonyl (C=O) groups is 1. The highest BCUT2D eigenvalue weighted by Crippen LogP contribution is 2.25. The molecule has 0 radical (unpaired) electrons. The van der Waals surface area contributed by atoms with Crippen molar-refractivity contribution in [3.63, 3.8) is 0 Å². The van der Waals surface area contributed by atoms with Gasteiger partial charge in [0.25, 0.3) is 0 Å². The zero-order valence-corrected chi connectivity index (χ0v) is 13.9. The molecule has 0 aromatic heterocycles. The minimum atomic E-state index is 0.187. The lowest BCUT2D eigenvalue weighted by Crippen LogP contribution is -2.45. The molecule has 1 saturated heterocycles. The van der Waals surface area contributed by atoms with E-state index in [1.807, 2.05) is 17.0 Å². The van der Waals surface area contributed by atoms with Crippen LogP contribution in [0, 0.1) is 5.92 Å². The number of carbonyl (C=O) groups excluding carboxylic acids is 1. The summed E-state index contributed by atoms with van der Waals surface area (Å²) in [5.41, 5.74) is 1.28. The molecule has 2 rings (SSSR count). The van der Waals surface area contributed by atoms with E-state index in [9.17, 15) is 4.79 Å². The smallest absolute Gasteiger partial charge is 0.219 e. The molecular formula is C17H25ClN2O. The van der Waals surface area contributed by atoms with E-state index in [0.29, 0.717) is 18.0 Å². The molecule has 3 nitrogen and oxygen atoms in total. The zero-order chi connectivity index (χ0) is 15.4. The Morgan fingerprint density at radius 3 is 2.29 bits per heavy atom. The first-order valence-electron chi connectivity index (χ1n) is 7.74. The molecule has 1 aliphatic rings. The molecule has 0 aliphatic carbocycles. The summed E-state index contributed by atoms with van der Waals surface area (Å²) in [6.45, 7) is 7.84. The molecule has 21 heavy (non-hydrogen) atoms. The van der Waals surface area contributed by atoms with Gasteiger partial charge in [-0.3, -0.25) is 4.79 Å². The highest BCUT2D eigenvalue weighted by atomic mass is 35.5. The van der Waals surface area contributed by atoms with Crippen LogP contribution < -0.4 is 5.32 Å². The maximum absolute atomic E-state index is 11.4. The molecule has 1 atom stereocenters. The van der Waals surface area contributed by atoms with Crippen LogP contribution in [0.2, 0.25) is 5.02 Å². The first kappa shape index (κ1) is 16.3. The van der Waals surface area contributed by atoms with Crippen LogP contribution in [-0.2, 0) is 4.79 Å². The molecular weight excluding hydrogens is 284 g/mol. The summed E-state index contributed by atoms with van der Waals surface area (Å²) in [5.74, 6) is 0.698. The second-order valence-electron chi connectivity index (χ2n) is 6.22. The van der Waals surface area contributed by atoms with Gasteiger partial charge >= 0.3 is 0 Å². The van der Waals surface area contributed by atoms with Crippen molar-refractivity contribution in [2.24, 2.45) is 5.92 Å². The summed E-state index contributed by atoms with van der Waals surface area (Å²) in [6.07, 6.45) is 2.05. The molecule has 1 aromatic carbocycles. The van der Waals surface area contributed by atoms with E-state index in [0.717, 1.165) is 31.0 Å². The Morgan fingerprint density at radius 2 is 1.81 bits per heavy atom. The number of hydrogen-bond donors (Lipinski definition) is 1. The topological polar surface area (TPSA) is 32.3 Å². The Bertz CT molecular complexity index is 464. The highest BCUT2D eigenvalue weighted by molar-refractivity contribution is 6.30. The van der Waals surface area contributed by atoms with Crippen molar-refractivity contribution in [1.29, 1.82) is 0 Å². The number of likely N-dealkylation sites (tertiary alicyclic amines) is 1. The van der Waals surface area contributed by atoms with Gasteiger partial charge in [0.1, 0.15) is 0 Å². The molecule has 1 aliphatic heterocycles. The van der Waals surface area contributed by atoms with E-state index in [2.05, 4.69) is 31.3 Å². The van der Waals surface area contributed by atoms with Gasteiger partial charge in [-0.2, -0.15) is 0 Å². The van der Waals surface area contributed by atoms with Crippen LogP contribution in [0.3, 0.4) is 0 Å². The third kappa shape index (κ3) is 4.45. The van der Waals surface area contributed by atoms with E-state index in [1.165, 1.54) is 5.56 Å². The molecule has 4 heteroatoms. The Balaban J connectivity index is 1.98. The number of rotatable bonds is 4. The third-order valence-corrected chi connectivity index (χ3v) is 4.50. The molecule has 116 valence electrons. The van der Waals surface area contributed by atoms with Gasteiger partial charge in [0.2, 0.25) is 5.91 Å². The van der Waals surface area contributed by atoms with Crippen molar-refractivity contribution >= 4 is 17.5 Å². The van der Waals surface area contributed by atoms with Gasteiger partial charge < -0.3 is 10.2 Å². The maximum atomic E-state index is 11.4. The minimum Gasteiger partial charge on any atom is -0.343 e. The first-order chi connectivity index (χ1) is 9.97. The van der Waals surface area contributed by atoms with E-state index in [4.69, 9.17) is 11.6 Å². The quantitative estimate of drug-likeness (QED) is 0.921. The predicted molar refractivity (Wildman–Crippen MR) is 87.4 cm³/mol. The van der Waals surface area contributed by atoms with Gasteiger partial charge in [-0.15, -0.1) is 0 Å². The van der Waals surface area contributed by atoms with Crippen LogP contribution in [0.5, 0.6) is 0 Å². The van der Waals surface area contributed by atoms with Gasteiger partial charge in [0, 0.05) is 37.1 Å². The lowest BCUT2D eigenvalue weighted by atomic mass is 9.93. The van der Waals surface area contributed by atoms with Gasteiger partial charge in [0.05, 0.1) is 0 Å². The van der Waals surface area contributed by atoms with Crippen molar-refractivity contribution in [2.75, 3.05) is 13.1 Å². The standard InChI is InChI=1S/C17H25ClN2O/c1-12(2)17(14-4-6-15(18)7-5-14)19-16-8-10-20(11-9-16)13(3)21/h4-7,12,16-17,19H,8-11H2,1-3H3. The monoisotopic (exact) mass is 308 g/mol. The number of piperidine rings is 1. The molecule has 1 fully saturated rings. The number of hydrogen-bond acceptors (Lipinski definition) is 2. The van der Waals surface area contributed by atoms with Gasteiger partial charge in [-0.25, -0.2) is 0 Å². The van der Waals surface area contributed by atoms with Crippen LogP contribution in [0.4, 0.5) is 0 Å². The summed E-state index contributed by atoms with van der Waals surface area (Å²) in [4.78, 5) is 13.3. The average molecular weight is 309 g/mol. The minimum absolute atomic E-state index is 0.187. The molecule has 1 heterocycles. The summed E-state index contributed by atoms with van der Waals surface area (Å²) >= 11 is 5.98. The molecule has 0 bridgehead atoms. The van der Waals surface area contributed by atoms with Crippen molar-refractivity contribution in [2.45, 2.75) is 45.7 Å². The Kier molecular flexibility index (Phi) is 5.65. The second kappa shape index (κ2) is 7.28. The van der Waals surface area contributed by atoms with Crippen LogP contribution in [0.15, 0.2) is 24.3 Å². The molecule has 0 spiro atoms. The lowest BCUT2D eigenvalue weighted by Gasteiger charge is -2.35. The maximum Gasteiger partial charge on any atom is 0.219 e. The Hall–Kier alpha value is -1.06. The predicted octanol–water partition coefficient (Wildman–Crippen LogP) is 3.64. The van der Waals surface area contributed by atoms with E-state index >= 15 is 0 Å². The highest BCUT2D eigenvalue weighted by Gasteiger charge is 2.24. The van der Waals surface area contributed by atoms with Gasteiger partial charge in [0.15, 0.2) is 0 Å². The first-order valence-corrected chi connectivity index (χ1v) is 8.12. The molecule has 1 amide bonds. The summed E-state index contributed by atoms with van der Waals surface area (Å²) < 4.78 is 0. The fourth-order valence-corrected chi connectivity index (χ4v) is 3.08.